The summed E-state index contributed by atoms with van der Waals surface area (Å²) in [6.07, 6.45) is 0. The van der Waals surface area contributed by atoms with Gasteiger partial charge in [-0.2, -0.15) is 0 Å². The van der Waals surface area contributed by atoms with Gasteiger partial charge in [0.1, 0.15) is 0 Å². The molecule has 0 saturated carbocycles. The van der Waals surface area contributed by atoms with Crippen LogP contribution in [0.3, 0.4) is 0 Å². The standard InChI is InChI=1S/C8H11NOS/c1-2-11(9,10)8-6-4-3-5-7-8/h2-7H,1H3,(H2,9,10). The Hall–Kier alpha value is -0.800. The number of benzene rings is 1. The summed E-state index contributed by atoms with van der Waals surface area (Å²) >= 11 is 0. The van der Waals surface area contributed by atoms with Crippen LogP contribution in [0.5, 0.6) is 0 Å². The van der Waals surface area contributed by atoms with Crippen molar-refractivity contribution in [2.24, 2.45) is 5.14 Å². The van der Waals surface area contributed by atoms with E-state index in [9.17, 15) is 4.21 Å². The average molecular weight is 169 g/mol. The van der Waals surface area contributed by atoms with Crippen LogP contribution in [0.25, 0.3) is 0 Å². The minimum Gasteiger partial charge on any atom is -0.255 e. The second-order valence-electron chi connectivity index (χ2n) is 2.20. The number of hydrogen-bond donors (Lipinski definition) is 1. The van der Waals surface area contributed by atoms with E-state index in [4.69, 9.17) is 5.14 Å². The van der Waals surface area contributed by atoms with E-state index in [1.54, 1.807) is 19.1 Å². The highest BCUT2D eigenvalue weighted by Crippen LogP contribution is 2.04. The van der Waals surface area contributed by atoms with E-state index in [0.717, 1.165) is 0 Å². The topological polar surface area (TPSA) is 43.1 Å². The lowest BCUT2D eigenvalue weighted by molar-refractivity contribution is 0.682. The molecule has 1 atom stereocenters. The third-order valence-corrected chi connectivity index (χ3v) is 3.17. The van der Waals surface area contributed by atoms with E-state index in [1.807, 2.05) is 18.2 Å². The Morgan fingerprint density at radius 1 is 1.36 bits per heavy atom. The molecule has 0 fully saturated rings. The van der Waals surface area contributed by atoms with Gasteiger partial charge in [-0.05, 0) is 24.4 Å². The number of nitrogens with two attached hydrogens (primary N) is 1. The van der Waals surface area contributed by atoms with Crippen LogP contribution in [0.4, 0.5) is 0 Å². The van der Waals surface area contributed by atoms with Crippen molar-refractivity contribution in [3.8, 4) is 0 Å². The Bertz CT molecular complexity index is 336. The van der Waals surface area contributed by atoms with Crippen molar-refractivity contribution in [3.63, 3.8) is 0 Å². The van der Waals surface area contributed by atoms with E-state index in [-0.39, 0.29) is 0 Å². The molecule has 1 rings (SSSR count). The normalized spacial score (nSPS) is 15.5. The summed E-state index contributed by atoms with van der Waals surface area (Å²) in [5.41, 5.74) is 0. The molecule has 0 saturated heterocycles. The molecule has 0 bridgehead atoms. The molecule has 1 aromatic carbocycles. The maximum absolute atomic E-state index is 11.5. The van der Waals surface area contributed by atoms with Gasteiger partial charge in [-0.25, -0.2) is 4.21 Å². The van der Waals surface area contributed by atoms with Crippen LogP contribution in [-0.4, -0.2) is 9.58 Å². The van der Waals surface area contributed by atoms with Crippen LogP contribution in [0.2, 0.25) is 0 Å². The van der Waals surface area contributed by atoms with Gasteiger partial charge in [0.05, 0.1) is 9.71 Å². The SMILES string of the molecule is CC=S(N)(=O)c1ccccc1. The van der Waals surface area contributed by atoms with Crippen LogP contribution < -0.4 is 5.14 Å². The fraction of sp³-hybridized carbons (Fsp3) is 0.125. The van der Waals surface area contributed by atoms with Gasteiger partial charge in [-0.3, -0.25) is 5.14 Å². The molecule has 1 unspecified atom stereocenters. The fourth-order valence-electron chi connectivity index (χ4n) is 0.769. The highest BCUT2D eigenvalue weighted by atomic mass is 32.2. The highest BCUT2D eigenvalue weighted by molar-refractivity contribution is 7.99. The van der Waals surface area contributed by atoms with Crippen molar-refractivity contribution in [2.45, 2.75) is 11.8 Å². The third-order valence-electron chi connectivity index (χ3n) is 1.46. The summed E-state index contributed by atoms with van der Waals surface area (Å²) in [7, 11) is -2.37. The molecule has 11 heavy (non-hydrogen) atoms. The summed E-state index contributed by atoms with van der Waals surface area (Å²) in [6.45, 7) is 1.70. The van der Waals surface area contributed by atoms with Crippen molar-refractivity contribution >= 4 is 15.1 Å². The molecule has 1 aromatic rings. The predicted molar refractivity (Wildman–Crippen MR) is 48.8 cm³/mol. The molecule has 2 N–H and O–H groups in total. The Balaban J connectivity index is 3.25. The Labute approximate surface area is 67.2 Å². The number of rotatable bonds is 1. The second-order valence-corrected chi connectivity index (χ2v) is 4.43. The molecule has 0 aromatic heterocycles. The van der Waals surface area contributed by atoms with Gasteiger partial charge >= 0.3 is 0 Å². The summed E-state index contributed by atoms with van der Waals surface area (Å²) < 4.78 is 11.5. The van der Waals surface area contributed by atoms with Crippen molar-refractivity contribution < 1.29 is 4.21 Å². The summed E-state index contributed by atoms with van der Waals surface area (Å²) in [6, 6.07) is 9.05. The molecular formula is C8H11NOS. The van der Waals surface area contributed by atoms with E-state index in [2.05, 4.69) is 0 Å². The van der Waals surface area contributed by atoms with Gasteiger partial charge in [0, 0.05) is 4.90 Å². The first kappa shape index (κ1) is 8.30. The molecule has 2 nitrogen and oxygen atoms in total. The van der Waals surface area contributed by atoms with E-state index >= 15 is 0 Å². The zero-order valence-electron chi connectivity index (χ0n) is 6.36. The molecule has 0 spiro atoms. The highest BCUT2D eigenvalue weighted by Gasteiger charge is 1.99. The van der Waals surface area contributed by atoms with Crippen LogP contribution in [-0.2, 0) is 9.71 Å². The average Bonchev–Trinajstić information content (AvgIpc) is 2.06. The minimum atomic E-state index is -2.37. The summed E-state index contributed by atoms with van der Waals surface area (Å²) in [5, 5.41) is 7.04. The van der Waals surface area contributed by atoms with Gasteiger partial charge in [-0.15, -0.1) is 0 Å². The first-order chi connectivity index (χ1) is 5.17. The zero-order chi connectivity index (χ0) is 8.32. The lowest BCUT2D eigenvalue weighted by Crippen LogP contribution is -2.14. The predicted octanol–water partition coefficient (Wildman–Crippen LogP) is 1.03. The Morgan fingerprint density at radius 3 is 2.36 bits per heavy atom. The number of hydrogen-bond acceptors (Lipinski definition) is 1. The van der Waals surface area contributed by atoms with Crippen molar-refractivity contribution in [1.82, 2.24) is 0 Å². The minimum absolute atomic E-state index is 0.683. The Kier molecular flexibility index (Phi) is 2.31. The van der Waals surface area contributed by atoms with Crippen LogP contribution in [0.15, 0.2) is 35.2 Å². The molecule has 0 aliphatic heterocycles. The summed E-state index contributed by atoms with van der Waals surface area (Å²) in [4.78, 5) is 0.683. The van der Waals surface area contributed by atoms with Crippen LogP contribution in [0, 0.1) is 0 Å². The van der Waals surface area contributed by atoms with E-state index in [1.165, 1.54) is 5.37 Å². The van der Waals surface area contributed by atoms with Gasteiger partial charge in [0.25, 0.3) is 0 Å². The molecule has 0 radical (unpaired) electrons. The molecule has 0 aliphatic carbocycles. The fourth-order valence-corrected chi connectivity index (χ4v) is 1.62. The van der Waals surface area contributed by atoms with E-state index < -0.39 is 9.71 Å². The molecule has 0 heterocycles. The molecular weight excluding hydrogens is 158 g/mol. The zero-order valence-corrected chi connectivity index (χ0v) is 7.17. The first-order valence-corrected chi connectivity index (χ1v) is 5.01. The van der Waals surface area contributed by atoms with Crippen molar-refractivity contribution in [2.75, 3.05) is 0 Å². The van der Waals surface area contributed by atoms with Gasteiger partial charge in [0.2, 0.25) is 0 Å². The maximum atomic E-state index is 11.5. The lowest BCUT2D eigenvalue weighted by Gasteiger charge is -2.01. The molecule has 60 valence electrons. The second kappa shape index (κ2) is 3.07. The molecule has 0 aliphatic rings. The third kappa shape index (κ3) is 1.82. The van der Waals surface area contributed by atoms with Crippen LogP contribution >= 0.6 is 0 Å². The smallest absolute Gasteiger partial charge is 0.0535 e. The van der Waals surface area contributed by atoms with Crippen molar-refractivity contribution in [3.05, 3.63) is 30.3 Å². The first-order valence-electron chi connectivity index (χ1n) is 3.33. The van der Waals surface area contributed by atoms with Gasteiger partial charge in [0.15, 0.2) is 0 Å². The van der Waals surface area contributed by atoms with Crippen LogP contribution in [0.1, 0.15) is 6.92 Å². The van der Waals surface area contributed by atoms with Gasteiger partial charge < -0.3 is 0 Å². The Morgan fingerprint density at radius 2 is 1.91 bits per heavy atom. The van der Waals surface area contributed by atoms with Gasteiger partial charge in [-0.1, -0.05) is 18.2 Å². The molecule has 3 heteroatoms. The maximum Gasteiger partial charge on any atom is 0.0535 e. The quantitative estimate of drug-likeness (QED) is 0.627. The molecule has 0 amide bonds. The lowest BCUT2D eigenvalue weighted by atomic mass is 10.4. The monoisotopic (exact) mass is 169 g/mol. The summed E-state index contributed by atoms with van der Waals surface area (Å²) in [5.74, 6) is 0. The largest absolute Gasteiger partial charge is 0.255 e. The van der Waals surface area contributed by atoms with E-state index in [0.29, 0.717) is 4.90 Å². The van der Waals surface area contributed by atoms with Crippen molar-refractivity contribution in [1.29, 1.82) is 0 Å².